The number of ether oxygens (including phenoxy) is 2. The van der Waals surface area contributed by atoms with Gasteiger partial charge in [0.25, 0.3) is 0 Å². The van der Waals surface area contributed by atoms with E-state index in [0.29, 0.717) is 30.1 Å². The molecule has 5 heteroatoms. The van der Waals surface area contributed by atoms with Crippen molar-refractivity contribution in [3.05, 3.63) is 78.6 Å². The highest BCUT2D eigenvalue weighted by Crippen LogP contribution is 2.25. The van der Waals surface area contributed by atoms with Gasteiger partial charge in [0.2, 0.25) is 0 Å². The van der Waals surface area contributed by atoms with Gasteiger partial charge in [0.05, 0.1) is 6.20 Å². The zero-order valence-electron chi connectivity index (χ0n) is 15.5. The van der Waals surface area contributed by atoms with Crippen molar-refractivity contribution in [2.75, 3.05) is 19.0 Å². The van der Waals surface area contributed by atoms with Gasteiger partial charge in [-0.3, -0.25) is 9.78 Å². The number of aryl methyl sites for hydroxylation is 1. The van der Waals surface area contributed by atoms with Gasteiger partial charge in [-0.05, 0) is 48.4 Å². The van der Waals surface area contributed by atoms with Gasteiger partial charge < -0.3 is 14.4 Å². The molecule has 0 amide bonds. The molecule has 0 bridgehead atoms. The third kappa shape index (κ3) is 5.57. The molecule has 0 saturated heterocycles. The summed E-state index contributed by atoms with van der Waals surface area (Å²) in [6.07, 6.45) is 4.25. The maximum absolute atomic E-state index is 12.2. The van der Waals surface area contributed by atoms with E-state index in [1.54, 1.807) is 42.7 Å². The van der Waals surface area contributed by atoms with Gasteiger partial charge in [0, 0.05) is 38.5 Å². The first-order chi connectivity index (χ1) is 13.1. The average molecular weight is 362 g/mol. The van der Waals surface area contributed by atoms with Crippen LogP contribution in [0.3, 0.4) is 0 Å². The maximum Gasteiger partial charge on any atom is 0.311 e. The second-order valence-electron chi connectivity index (χ2n) is 6.30. The largest absolute Gasteiger partial charge is 0.456 e. The molecule has 0 aliphatic carbocycles. The van der Waals surface area contributed by atoms with Gasteiger partial charge in [-0.1, -0.05) is 18.2 Å². The molecule has 0 unspecified atom stereocenters. The average Bonchev–Trinajstić information content (AvgIpc) is 2.68. The molecule has 0 fully saturated rings. The number of nitrogens with zero attached hydrogens (tertiary/aromatic N) is 2. The molecule has 27 heavy (non-hydrogen) atoms. The van der Waals surface area contributed by atoms with Crippen molar-refractivity contribution in [2.24, 2.45) is 0 Å². The van der Waals surface area contributed by atoms with Crippen molar-refractivity contribution in [3.8, 4) is 17.2 Å². The Kier molecular flexibility index (Phi) is 6.05. The normalized spacial score (nSPS) is 10.3. The quantitative estimate of drug-likeness (QED) is 0.458. The molecule has 138 valence electrons. The predicted octanol–water partition coefficient (Wildman–Crippen LogP) is 4.48. The summed E-state index contributed by atoms with van der Waals surface area (Å²) in [4.78, 5) is 18.2. The maximum atomic E-state index is 12.2. The second kappa shape index (κ2) is 8.85. The van der Waals surface area contributed by atoms with Crippen molar-refractivity contribution < 1.29 is 14.3 Å². The van der Waals surface area contributed by atoms with E-state index < -0.39 is 0 Å². The monoisotopic (exact) mass is 362 g/mol. The number of pyridine rings is 1. The van der Waals surface area contributed by atoms with Gasteiger partial charge in [-0.2, -0.15) is 0 Å². The standard InChI is InChI=1S/C22H22N2O3/c1-24(2)18-7-3-6-17(14-18)11-12-22(25)27-20-9-4-8-19(15-20)26-21-10-5-13-23-16-21/h3-10,13-16H,11-12H2,1-2H3. The Morgan fingerprint density at radius 2 is 1.74 bits per heavy atom. The van der Waals surface area contributed by atoms with E-state index in [4.69, 9.17) is 9.47 Å². The fraction of sp³-hybridized carbons (Fsp3) is 0.182. The Hall–Kier alpha value is -3.34. The van der Waals surface area contributed by atoms with Gasteiger partial charge in [0.1, 0.15) is 17.2 Å². The third-order valence-electron chi connectivity index (χ3n) is 3.95. The SMILES string of the molecule is CN(C)c1cccc(CCC(=O)Oc2cccc(Oc3cccnc3)c2)c1. The molecule has 0 spiro atoms. The number of hydrogen-bond acceptors (Lipinski definition) is 5. The molecule has 0 N–H and O–H groups in total. The lowest BCUT2D eigenvalue weighted by Crippen LogP contribution is -2.10. The molecular formula is C22H22N2O3. The number of anilines is 1. The Bertz CT molecular complexity index is 895. The summed E-state index contributed by atoms with van der Waals surface area (Å²) < 4.78 is 11.2. The first-order valence-electron chi connectivity index (χ1n) is 8.75. The van der Waals surface area contributed by atoms with Crippen molar-refractivity contribution in [1.82, 2.24) is 4.98 Å². The highest BCUT2D eigenvalue weighted by molar-refractivity contribution is 5.72. The van der Waals surface area contributed by atoms with E-state index in [1.807, 2.05) is 43.3 Å². The van der Waals surface area contributed by atoms with Crippen LogP contribution in [0, 0.1) is 0 Å². The minimum Gasteiger partial charge on any atom is -0.456 e. The lowest BCUT2D eigenvalue weighted by Gasteiger charge is -2.13. The highest BCUT2D eigenvalue weighted by atomic mass is 16.5. The number of hydrogen-bond donors (Lipinski definition) is 0. The van der Waals surface area contributed by atoms with Crippen LogP contribution in [-0.4, -0.2) is 25.0 Å². The van der Waals surface area contributed by atoms with Crippen LogP contribution in [0.4, 0.5) is 5.69 Å². The first kappa shape index (κ1) is 18.5. The van der Waals surface area contributed by atoms with Crippen molar-refractivity contribution in [1.29, 1.82) is 0 Å². The molecule has 0 atom stereocenters. The number of rotatable bonds is 7. The van der Waals surface area contributed by atoms with Crippen LogP contribution in [0.1, 0.15) is 12.0 Å². The minimum atomic E-state index is -0.274. The van der Waals surface area contributed by atoms with Crippen LogP contribution in [-0.2, 0) is 11.2 Å². The number of esters is 1. The smallest absolute Gasteiger partial charge is 0.311 e. The summed E-state index contributed by atoms with van der Waals surface area (Å²) in [5, 5.41) is 0. The molecule has 3 rings (SSSR count). The lowest BCUT2D eigenvalue weighted by molar-refractivity contribution is -0.134. The van der Waals surface area contributed by atoms with Crippen molar-refractivity contribution in [2.45, 2.75) is 12.8 Å². The third-order valence-corrected chi connectivity index (χ3v) is 3.95. The van der Waals surface area contributed by atoms with E-state index >= 15 is 0 Å². The molecule has 0 radical (unpaired) electrons. The minimum absolute atomic E-state index is 0.274. The number of benzene rings is 2. The number of carbonyl (C=O) groups excluding carboxylic acids is 1. The van der Waals surface area contributed by atoms with Gasteiger partial charge in [-0.25, -0.2) is 0 Å². The Morgan fingerprint density at radius 3 is 2.52 bits per heavy atom. The molecule has 1 aromatic heterocycles. The van der Waals surface area contributed by atoms with Gasteiger partial charge >= 0.3 is 5.97 Å². The number of aromatic nitrogens is 1. The molecule has 0 aliphatic rings. The van der Waals surface area contributed by atoms with Crippen molar-refractivity contribution >= 4 is 11.7 Å². The van der Waals surface area contributed by atoms with Gasteiger partial charge in [0.15, 0.2) is 0 Å². The summed E-state index contributed by atoms with van der Waals surface area (Å²) in [6, 6.07) is 18.8. The molecule has 0 aliphatic heterocycles. The van der Waals surface area contributed by atoms with E-state index in [2.05, 4.69) is 11.1 Å². The summed E-state index contributed by atoms with van der Waals surface area (Å²) in [6.45, 7) is 0. The Labute approximate surface area is 159 Å². The first-order valence-corrected chi connectivity index (χ1v) is 8.75. The van der Waals surface area contributed by atoms with E-state index in [-0.39, 0.29) is 5.97 Å². The fourth-order valence-electron chi connectivity index (χ4n) is 2.56. The fourth-order valence-corrected chi connectivity index (χ4v) is 2.56. The molecule has 1 heterocycles. The zero-order valence-corrected chi connectivity index (χ0v) is 15.5. The molecule has 5 nitrogen and oxygen atoms in total. The van der Waals surface area contributed by atoms with Gasteiger partial charge in [-0.15, -0.1) is 0 Å². The topological polar surface area (TPSA) is 51.7 Å². The summed E-state index contributed by atoms with van der Waals surface area (Å²) in [7, 11) is 3.99. The van der Waals surface area contributed by atoms with Crippen LogP contribution in [0.2, 0.25) is 0 Å². The van der Waals surface area contributed by atoms with Crippen LogP contribution in [0.25, 0.3) is 0 Å². The van der Waals surface area contributed by atoms with Crippen molar-refractivity contribution in [3.63, 3.8) is 0 Å². The summed E-state index contributed by atoms with van der Waals surface area (Å²) in [5.74, 6) is 1.40. The Balaban J connectivity index is 1.56. The summed E-state index contributed by atoms with van der Waals surface area (Å²) in [5.41, 5.74) is 2.22. The van der Waals surface area contributed by atoms with Crippen LogP contribution >= 0.6 is 0 Å². The predicted molar refractivity (Wildman–Crippen MR) is 105 cm³/mol. The Morgan fingerprint density at radius 1 is 0.963 bits per heavy atom. The molecular weight excluding hydrogens is 340 g/mol. The second-order valence-corrected chi connectivity index (χ2v) is 6.30. The van der Waals surface area contributed by atoms with E-state index in [1.165, 1.54) is 0 Å². The highest BCUT2D eigenvalue weighted by Gasteiger charge is 2.08. The van der Waals surface area contributed by atoms with Crippen LogP contribution in [0.5, 0.6) is 17.2 Å². The van der Waals surface area contributed by atoms with E-state index in [9.17, 15) is 4.79 Å². The molecule has 2 aromatic carbocycles. The summed E-state index contributed by atoms with van der Waals surface area (Å²) >= 11 is 0. The van der Waals surface area contributed by atoms with Crippen LogP contribution in [0.15, 0.2) is 73.1 Å². The molecule has 3 aromatic rings. The van der Waals surface area contributed by atoms with E-state index in [0.717, 1.165) is 11.3 Å². The number of carbonyl (C=O) groups is 1. The lowest BCUT2D eigenvalue weighted by atomic mass is 10.1. The van der Waals surface area contributed by atoms with Crippen LogP contribution < -0.4 is 14.4 Å². The molecule has 0 saturated carbocycles. The zero-order chi connectivity index (χ0) is 19.1.